The summed E-state index contributed by atoms with van der Waals surface area (Å²) in [4.78, 5) is 9.54. The number of ether oxygens (including phenoxy) is 1. The van der Waals surface area contributed by atoms with Crippen molar-refractivity contribution >= 4 is 0 Å². The average molecular weight is 325 g/mol. The van der Waals surface area contributed by atoms with Crippen LogP contribution in [-0.4, -0.2) is 41.1 Å². The lowest BCUT2D eigenvalue weighted by atomic mass is 10.3. The molecule has 1 unspecified atom stereocenters. The average Bonchev–Trinajstić information content (AvgIpc) is 3.01. The number of likely N-dealkylation sites (tertiary alicyclic amines) is 1. The van der Waals surface area contributed by atoms with Gasteiger partial charge in [0.05, 0.1) is 0 Å². The number of rotatable bonds is 2. The van der Waals surface area contributed by atoms with Crippen LogP contribution in [0.15, 0.2) is 36.7 Å². The molecule has 0 aromatic carbocycles. The number of hydrogen-bond acceptors (Lipinski definition) is 6. The van der Waals surface area contributed by atoms with Crippen molar-refractivity contribution in [3.8, 4) is 18.0 Å². The first-order valence-electron chi connectivity index (χ1n) is 7.35. The maximum atomic E-state index is 12.3. The molecule has 1 aliphatic heterocycles. The van der Waals surface area contributed by atoms with Crippen LogP contribution in [0, 0.1) is 28.6 Å². The summed E-state index contributed by atoms with van der Waals surface area (Å²) < 4.78 is 17.9. The second-order valence-electron chi connectivity index (χ2n) is 5.21. The number of nitriles is 2. The fourth-order valence-corrected chi connectivity index (χ4v) is 2.19. The van der Waals surface area contributed by atoms with Crippen LogP contribution in [0.3, 0.4) is 0 Å². The van der Waals surface area contributed by atoms with E-state index in [4.69, 9.17) is 15.3 Å². The number of likely N-dealkylation sites (N-methyl/N-ethyl adjacent to an activating group) is 1. The third-order valence-electron chi connectivity index (χ3n) is 3.40. The fraction of sp³-hybridized carbons (Fsp3) is 0.294. The minimum Gasteiger partial charge on any atom is -0.472 e. The first-order chi connectivity index (χ1) is 11.6. The van der Waals surface area contributed by atoms with E-state index in [0.717, 1.165) is 19.5 Å². The Morgan fingerprint density at radius 2 is 1.83 bits per heavy atom. The van der Waals surface area contributed by atoms with Gasteiger partial charge in [-0.1, -0.05) is 0 Å². The van der Waals surface area contributed by atoms with E-state index in [0.29, 0.717) is 11.4 Å². The van der Waals surface area contributed by atoms with Crippen LogP contribution in [-0.2, 0) is 0 Å². The molecule has 2 aromatic heterocycles. The lowest BCUT2D eigenvalue weighted by Gasteiger charge is -2.13. The summed E-state index contributed by atoms with van der Waals surface area (Å²) in [7, 11) is 2.06. The summed E-state index contributed by atoms with van der Waals surface area (Å²) in [6.45, 7) is 1.95. The van der Waals surface area contributed by atoms with Gasteiger partial charge in [0.15, 0.2) is 0 Å². The van der Waals surface area contributed by atoms with E-state index in [1.54, 1.807) is 24.4 Å². The van der Waals surface area contributed by atoms with Crippen molar-refractivity contribution < 1.29 is 9.13 Å². The van der Waals surface area contributed by atoms with Crippen LogP contribution in [0.2, 0.25) is 0 Å². The largest absolute Gasteiger partial charge is 0.472 e. The zero-order valence-electron chi connectivity index (χ0n) is 13.2. The van der Waals surface area contributed by atoms with Crippen molar-refractivity contribution in [3.05, 3.63) is 53.7 Å². The molecular weight excluding hydrogens is 309 g/mol. The van der Waals surface area contributed by atoms with Crippen LogP contribution < -0.4 is 4.74 Å². The van der Waals surface area contributed by atoms with E-state index < -0.39 is 5.95 Å². The van der Waals surface area contributed by atoms with Crippen LogP contribution in [0.4, 0.5) is 4.39 Å². The standard InChI is InChI=1S/C11H13N3O.C6H3FN2/c1-14-6-4-10(8-14)15-11-9(7-12)3-2-5-13-11;7-6-5(4-8)2-1-3-9-6/h2-3,5,10H,4,6,8H2,1H3;1-3H. The highest BCUT2D eigenvalue weighted by atomic mass is 19.1. The predicted molar refractivity (Wildman–Crippen MR) is 84.4 cm³/mol. The molecule has 0 aliphatic carbocycles. The molecular formula is C17H16FN5O. The molecule has 122 valence electrons. The molecule has 0 radical (unpaired) electrons. The van der Waals surface area contributed by atoms with E-state index in [2.05, 4.69) is 28.0 Å². The van der Waals surface area contributed by atoms with Crippen molar-refractivity contribution in [2.45, 2.75) is 12.5 Å². The Balaban J connectivity index is 0.000000198. The minimum absolute atomic E-state index is 0.0162. The van der Waals surface area contributed by atoms with Gasteiger partial charge in [0.1, 0.15) is 29.4 Å². The van der Waals surface area contributed by atoms with Crippen molar-refractivity contribution in [1.29, 1.82) is 10.5 Å². The van der Waals surface area contributed by atoms with Gasteiger partial charge in [-0.15, -0.1) is 0 Å². The third kappa shape index (κ3) is 4.73. The zero-order valence-corrected chi connectivity index (χ0v) is 13.2. The molecule has 6 nitrogen and oxygen atoms in total. The summed E-state index contributed by atoms with van der Waals surface area (Å²) >= 11 is 0. The number of aromatic nitrogens is 2. The van der Waals surface area contributed by atoms with Gasteiger partial charge in [0.2, 0.25) is 11.8 Å². The fourth-order valence-electron chi connectivity index (χ4n) is 2.19. The van der Waals surface area contributed by atoms with Gasteiger partial charge in [-0.3, -0.25) is 0 Å². The molecule has 24 heavy (non-hydrogen) atoms. The summed E-state index contributed by atoms with van der Waals surface area (Å²) in [5.74, 6) is -0.250. The Hall–Kier alpha value is -3.03. The Morgan fingerprint density at radius 1 is 1.17 bits per heavy atom. The highest BCUT2D eigenvalue weighted by Crippen LogP contribution is 2.18. The summed E-state index contributed by atoms with van der Waals surface area (Å²) in [6.07, 6.45) is 4.11. The van der Waals surface area contributed by atoms with Gasteiger partial charge in [-0.05, 0) is 37.7 Å². The highest BCUT2D eigenvalue weighted by molar-refractivity contribution is 5.37. The molecule has 3 heterocycles. The molecule has 3 rings (SSSR count). The zero-order chi connectivity index (χ0) is 17.4. The topological polar surface area (TPSA) is 85.8 Å². The van der Waals surface area contributed by atoms with E-state index in [1.165, 1.54) is 18.3 Å². The molecule has 0 bridgehead atoms. The smallest absolute Gasteiger partial charge is 0.231 e. The SMILES string of the molecule is CN1CCC(Oc2ncccc2C#N)C1.N#Cc1cccnc1F. The lowest BCUT2D eigenvalue weighted by Crippen LogP contribution is -2.22. The second-order valence-corrected chi connectivity index (χ2v) is 5.21. The number of nitrogens with zero attached hydrogens (tertiary/aromatic N) is 5. The molecule has 1 fully saturated rings. The summed E-state index contributed by atoms with van der Waals surface area (Å²) in [6, 6.07) is 10.1. The molecule has 1 atom stereocenters. The molecule has 0 N–H and O–H groups in total. The Morgan fingerprint density at radius 3 is 2.38 bits per heavy atom. The van der Waals surface area contributed by atoms with Crippen LogP contribution in [0.1, 0.15) is 17.5 Å². The lowest BCUT2D eigenvalue weighted by molar-refractivity contribution is 0.199. The van der Waals surface area contributed by atoms with Crippen LogP contribution in [0.25, 0.3) is 0 Å². The Labute approximate surface area is 139 Å². The number of pyridine rings is 2. The first kappa shape index (κ1) is 17.3. The van der Waals surface area contributed by atoms with Crippen molar-refractivity contribution in [2.24, 2.45) is 0 Å². The molecule has 1 saturated heterocycles. The molecule has 7 heteroatoms. The quantitative estimate of drug-likeness (QED) is 0.786. The first-order valence-corrected chi connectivity index (χ1v) is 7.35. The van der Waals surface area contributed by atoms with Gasteiger partial charge < -0.3 is 9.64 Å². The second kappa shape index (κ2) is 8.56. The van der Waals surface area contributed by atoms with Gasteiger partial charge in [0.25, 0.3) is 0 Å². The van der Waals surface area contributed by atoms with E-state index in [1.807, 2.05) is 0 Å². The van der Waals surface area contributed by atoms with E-state index in [9.17, 15) is 4.39 Å². The molecule has 0 spiro atoms. The van der Waals surface area contributed by atoms with Gasteiger partial charge in [-0.2, -0.15) is 14.9 Å². The van der Waals surface area contributed by atoms with E-state index >= 15 is 0 Å². The molecule has 2 aromatic rings. The predicted octanol–water partition coefficient (Wildman–Crippen LogP) is 2.13. The minimum atomic E-state index is -0.708. The Bertz CT molecular complexity index is 768. The van der Waals surface area contributed by atoms with Crippen molar-refractivity contribution in [2.75, 3.05) is 20.1 Å². The van der Waals surface area contributed by atoms with Gasteiger partial charge >= 0.3 is 0 Å². The van der Waals surface area contributed by atoms with Crippen molar-refractivity contribution in [3.63, 3.8) is 0 Å². The maximum Gasteiger partial charge on any atom is 0.231 e. The molecule has 0 saturated carbocycles. The highest BCUT2D eigenvalue weighted by Gasteiger charge is 2.22. The van der Waals surface area contributed by atoms with Crippen LogP contribution in [0.5, 0.6) is 5.88 Å². The normalized spacial score (nSPS) is 16.4. The van der Waals surface area contributed by atoms with Crippen molar-refractivity contribution in [1.82, 2.24) is 14.9 Å². The number of hydrogen-bond donors (Lipinski definition) is 0. The summed E-state index contributed by atoms with van der Waals surface area (Å²) in [5.41, 5.74) is 0.490. The molecule has 0 amide bonds. The third-order valence-corrected chi connectivity index (χ3v) is 3.40. The Kier molecular flexibility index (Phi) is 6.18. The maximum absolute atomic E-state index is 12.3. The monoisotopic (exact) mass is 325 g/mol. The number of halogens is 1. The molecule has 1 aliphatic rings. The van der Waals surface area contributed by atoms with Crippen LogP contribution >= 0.6 is 0 Å². The van der Waals surface area contributed by atoms with E-state index in [-0.39, 0.29) is 11.7 Å². The van der Waals surface area contributed by atoms with Gasteiger partial charge in [0, 0.05) is 25.5 Å². The van der Waals surface area contributed by atoms with Gasteiger partial charge in [-0.25, -0.2) is 9.97 Å². The summed E-state index contributed by atoms with van der Waals surface area (Å²) in [5, 5.41) is 17.1.